The van der Waals surface area contributed by atoms with Crippen molar-refractivity contribution in [3.8, 4) is 0 Å². The van der Waals surface area contributed by atoms with Crippen molar-refractivity contribution in [2.24, 2.45) is 0 Å². The summed E-state index contributed by atoms with van der Waals surface area (Å²) in [5.41, 5.74) is 1.28. The summed E-state index contributed by atoms with van der Waals surface area (Å²) < 4.78 is 1.83. The van der Waals surface area contributed by atoms with E-state index in [0.29, 0.717) is 11.9 Å². The smallest absolute Gasteiger partial charge is 0.341 e. The molecular formula is C18H24N3O3Y-. The Hall–Kier alpha value is -1.24. The van der Waals surface area contributed by atoms with Gasteiger partial charge in [0.15, 0.2) is 0 Å². The second kappa shape index (κ2) is 8.92. The van der Waals surface area contributed by atoms with E-state index in [-0.39, 0.29) is 45.7 Å². The van der Waals surface area contributed by atoms with Crippen LogP contribution in [0.5, 0.6) is 0 Å². The van der Waals surface area contributed by atoms with Crippen LogP contribution in [0.2, 0.25) is 0 Å². The van der Waals surface area contributed by atoms with Crippen molar-refractivity contribution in [2.75, 3.05) is 38.1 Å². The zero-order valence-corrected chi connectivity index (χ0v) is 17.9. The number of pyridine rings is 1. The second-order valence-electron chi connectivity index (χ2n) is 5.95. The van der Waals surface area contributed by atoms with Crippen LogP contribution in [-0.2, 0) is 39.3 Å². The standard InChI is InChI=1S/C17H21N3O3.CH3.Y/c1-3-19-11-14(17(22)23)16(21)13-5-4-12(10-15(13)19)20-8-6-18(2)7-9-20;;/h4-5,10-11H,3,6-9H2,1-2H3,(H,22,23);1H3;/q;-1;. The average molecular weight is 419 g/mol. The van der Waals surface area contributed by atoms with Crippen LogP contribution in [0.25, 0.3) is 10.9 Å². The molecule has 7 heteroatoms. The number of hydrogen-bond donors (Lipinski definition) is 1. The number of carboxylic acids is 1. The molecule has 1 N–H and O–H groups in total. The minimum absolute atomic E-state index is 0. The summed E-state index contributed by atoms with van der Waals surface area (Å²) in [4.78, 5) is 28.2. The molecule has 0 aliphatic carbocycles. The summed E-state index contributed by atoms with van der Waals surface area (Å²) in [5.74, 6) is -1.18. The molecule has 0 spiro atoms. The van der Waals surface area contributed by atoms with Crippen LogP contribution in [0.1, 0.15) is 17.3 Å². The van der Waals surface area contributed by atoms with Gasteiger partial charge in [0.2, 0.25) is 5.43 Å². The molecule has 25 heavy (non-hydrogen) atoms. The molecule has 0 bridgehead atoms. The molecule has 133 valence electrons. The van der Waals surface area contributed by atoms with E-state index < -0.39 is 11.4 Å². The number of anilines is 1. The zero-order chi connectivity index (χ0) is 16.6. The SMILES string of the molecule is CCn1cc(C(=O)O)c(=O)c2ccc(N3CCN(C)CC3)cc21.[CH3-].[Y]. The first-order valence-electron chi connectivity index (χ1n) is 7.85. The van der Waals surface area contributed by atoms with E-state index in [0.717, 1.165) is 37.4 Å². The number of aryl methyl sites for hydroxylation is 1. The minimum Gasteiger partial charge on any atom is -0.477 e. The first-order valence-corrected chi connectivity index (χ1v) is 7.85. The van der Waals surface area contributed by atoms with Crippen molar-refractivity contribution in [1.82, 2.24) is 9.47 Å². The predicted octanol–water partition coefficient (Wildman–Crippen LogP) is 1.92. The van der Waals surface area contributed by atoms with Crippen molar-refractivity contribution in [2.45, 2.75) is 13.5 Å². The molecule has 0 atom stereocenters. The van der Waals surface area contributed by atoms with E-state index in [1.807, 2.05) is 23.6 Å². The van der Waals surface area contributed by atoms with Gasteiger partial charge in [-0.3, -0.25) is 4.79 Å². The molecule has 6 nitrogen and oxygen atoms in total. The Bertz CT molecular complexity index is 811. The van der Waals surface area contributed by atoms with E-state index in [9.17, 15) is 14.7 Å². The number of carbonyl (C=O) groups is 1. The largest absolute Gasteiger partial charge is 0.477 e. The zero-order valence-electron chi connectivity index (χ0n) is 15.0. The maximum Gasteiger partial charge on any atom is 0.341 e. The van der Waals surface area contributed by atoms with Gasteiger partial charge >= 0.3 is 5.97 Å². The molecule has 1 aromatic carbocycles. The quantitative estimate of drug-likeness (QED) is 0.771. The first kappa shape index (κ1) is 21.8. The van der Waals surface area contributed by atoms with Crippen molar-refractivity contribution >= 4 is 22.6 Å². The van der Waals surface area contributed by atoms with Gasteiger partial charge in [0.25, 0.3) is 0 Å². The number of nitrogens with zero attached hydrogens (tertiary/aromatic N) is 3. The van der Waals surface area contributed by atoms with Crippen LogP contribution < -0.4 is 10.3 Å². The maximum atomic E-state index is 12.4. The van der Waals surface area contributed by atoms with E-state index in [1.165, 1.54) is 6.20 Å². The van der Waals surface area contributed by atoms with Gasteiger partial charge in [0.05, 0.1) is 5.52 Å². The Kier molecular flexibility index (Phi) is 7.78. The fourth-order valence-corrected chi connectivity index (χ4v) is 3.05. The van der Waals surface area contributed by atoms with Crippen LogP contribution >= 0.6 is 0 Å². The van der Waals surface area contributed by atoms with Gasteiger partial charge in [0, 0.05) is 82.7 Å². The molecule has 0 saturated carbocycles. The van der Waals surface area contributed by atoms with Crippen LogP contribution in [0.4, 0.5) is 5.69 Å². The van der Waals surface area contributed by atoms with Gasteiger partial charge in [-0.2, -0.15) is 0 Å². The Morgan fingerprint density at radius 1 is 1.20 bits per heavy atom. The molecule has 3 rings (SSSR count). The Morgan fingerprint density at radius 3 is 2.40 bits per heavy atom. The Morgan fingerprint density at radius 2 is 1.84 bits per heavy atom. The maximum absolute atomic E-state index is 12.4. The molecule has 0 amide bonds. The molecule has 1 fully saturated rings. The Labute approximate surface area is 173 Å². The summed E-state index contributed by atoms with van der Waals surface area (Å²) in [6.45, 7) is 6.48. The number of carboxylic acid groups (broad SMARTS) is 1. The number of fused-ring (bicyclic) bond motifs is 1. The van der Waals surface area contributed by atoms with Crippen molar-refractivity contribution in [1.29, 1.82) is 0 Å². The van der Waals surface area contributed by atoms with Gasteiger partial charge in [-0.05, 0) is 32.2 Å². The molecule has 0 unspecified atom stereocenters. The molecule has 2 aromatic rings. The van der Waals surface area contributed by atoms with Gasteiger partial charge in [-0.15, -0.1) is 0 Å². The van der Waals surface area contributed by atoms with Crippen LogP contribution in [-0.4, -0.2) is 53.8 Å². The number of piperazine rings is 1. The van der Waals surface area contributed by atoms with Crippen LogP contribution in [0, 0.1) is 7.43 Å². The van der Waals surface area contributed by atoms with Crippen LogP contribution in [0.15, 0.2) is 29.2 Å². The second-order valence-corrected chi connectivity index (χ2v) is 5.95. The number of likely N-dealkylation sites (N-methyl/N-ethyl adjacent to an activating group) is 1. The Balaban J connectivity index is 0.00000156. The van der Waals surface area contributed by atoms with Crippen LogP contribution in [0.3, 0.4) is 0 Å². The molecule has 1 aromatic heterocycles. The van der Waals surface area contributed by atoms with Crippen molar-refractivity contribution < 1.29 is 42.6 Å². The molecule has 1 radical (unpaired) electrons. The summed E-state index contributed by atoms with van der Waals surface area (Å²) in [5, 5.41) is 9.66. The number of benzene rings is 1. The number of rotatable bonds is 3. The van der Waals surface area contributed by atoms with E-state index >= 15 is 0 Å². The molecular weight excluding hydrogens is 395 g/mol. The number of hydrogen-bond acceptors (Lipinski definition) is 4. The number of aromatic carboxylic acids is 1. The summed E-state index contributed by atoms with van der Waals surface area (Å²) in [6, 6.07) is 5.67. The predicted molar refractivity (Wildman–Crippen MR) is 97.0 cm³/mol. The summed E-state index contributed by atoms with van der Waals surface area (Å²) in [6.07, 6.45) is 1.45. The van der Waals surface area contributed by atoms with E-state index in [1.54, 1.807) is 6.07 Å². The van der Waals surface area contributed by atoms with Gasteiger partial charge in [0.1, 0.15) is 5.56 Å². The third-order valence-corrected chi connectivity index (χ3v) is 4.50. The van der Waals surface area contributed by atoms with Gasteiger partial charge in [-0.1, -0.05) is 0 Å². The molecule has 1 aliphatic heterocycles. The first-order chi connectivity index (χ1) is 11.0. The van der Waals surface area contributed by atoms with E-state index in [2.05, 4.69) is 16.8 Å². The van der Waals surface area contributed by atoms with Crippen molar-refractivity contribution in [3.05, 3.63) is 47.6 Å². The van der Waals surface area contributed by atoms with Crippen molar-refractivity contribution in [3.63, 3.8) is 0 Å². The monoisotopic (exact) mass is 419 g/mol. The fraction of sp³-hybridized carbons (Fsp3) is 0.389. The summed E-state index contributed by atoms with van der Waals surface area (Å²) in [7, 11) is 2.11. The fourth-order valence-electron chi connectivity index (χ4n) is 3.05. The van der Waals surface area contributed by atoms with E-state index in [4.69, 9.17) is 0 Å². The topological polar surface area (TPSA) is 65.8 Å². The number of aromatic nitrogens is 1. The minimum atomic E-state index is -1.18. The van der Waals surface area contributed by atoms with Gasteiger partial charge < -0.3 is 26.9 Å². The molecule has 2 heterocycles. The average Bonchev–Trinajstić information content (AvgIpc) is 2.55. The molecule has 1 aliphatic rings. The third-order valence-electron chi connectivity index (χ3n) is 4.50. The normalized spacial score (nSPS) is 14.7. The molecule has 1 saturated heterocycles. The van der Waals surface area contributed by atoms with Gasteiger partial charge in [-0.25, -0.2) is 4.79 Å². The third kappa shape index (κ3) is 4.30. The summed E-state index contributed by atoms with van der Waals surface area (Å²) >= 11 is 0.